The molecule has 3 N–H and O–H groups in total. The first-order chi connectivity index (χ1) is 6.69. The molecule has 1 aromatic rings. The van der Waals surface area contributed by atoms with Gasteiger partial charge in [-0.2, -0.15) is 5.90 Å². The van der Waals surface area contributed by atoms with Gasteiger partial charge < -0.3 is 10.2 Å². The Morgan fingerprint density at radius 3 is 2.86 bits per heavy atom. The van der Waals surface area contributed by atoms with Crippen molar-refractivity contribution in [1.82, 2.24) is 10.3 Å². The van der Waals surface area contributed by atoms with Crippen LogP contribution < -0.4 is 11.2 Å². The smallest absolute Gasteiger partial charge is 0.356 e. The lowest BCUT2D eigenvalue weighted by molar-refractivity contribution is 0.0503. The van der Waals surface area contributed by atoms with Gasteiger partial charge in [0.05, 0.1) is 5.56 Å². The van der Waals surface area contributed by atoms with E-state index in [9.17, 15) is 9.59 Å². The average Bonchev–Trinajstić information content (AvgIpc) is 2.27. The zero-order chi connectivity index (χ0) is 10.6. The molecular weight excluding hydrogens is 186 g/mol. The number of hydrogen-bond donors (Lipinski definition) is 2. The summed E-state index contributed by atoms with van der Waals surface area (Å²) < 4.78 is 0. The van der Waals surface area contributed by atoms with Gasteiger partial charge >= 0.3 is 5.97 Å². The number of hydrogen-bond acceptors (Lipinski definition) is 5. The molecule has 6 heteroatoms. The number of amides is 1. The third kappa shape index (κ3) is 2.05. The molecule has 0 aliphatic heterocycles. The number of carbonyl (C=O) groups excluding carboxylic acids is 2. The first-order valence-electron chi connectivity index (χ1n) is 3.78. The van der Waals surface area contributed by atoms with Gasteiger partial charge in [0.15, 0.2) is 0 Å². The van der Waals surface area contributed by atoms with Crippen LogP contribution in [0.25, 0.3) is 0 Å². The predicted molar refractivity (Wildman–Crippen MR) is 47.2 cm³/mol. The molecule has 0 aliphatic carbocycles. The van der Waals surface area contributed by atoms with Crippen LogP contribution in [-0.4, -0.2) is 23.9 Å². The molecular formula is C8H9N3O3. The van der Waals surface area contributed by atoms with Gasteiger partial charge in [0.1, 0.15) is 5.69 Å². The molecule has 1 heterocycles. The molecule has 0 saturated carbocycles. The van der Waals surface area contributed by atoms with E-state index in [4.69, 9.17) is 5.90 Å². The van der Waals surface area contributed by atoms with E-state index >= 15 is 0 Å². The molecule has 0 aromatic carbocycles. The normalized spacial score (nSPS) is 9.29. The predicted octanol–water partition coefficient (Wildman–Crippen LogP) is -0.528. The summed E-state index contributed by atoms with van der Waals surface area (Å²) in [7, 11) is 1.47. The quantitative estimate of drug-likeness (QED) is 0.619. The number of nitrogens with one attached hydrogen (secondary N) is 1. The van der Waals surface area contributed by atoms with Gasteiger partial charge in [-0.25, -0.2) is 4.79 Å². The molecule has 0 aliphatic rings. The Labute approximate surface area is 80.0 Å². The Hall–Kier alpha value is -1.95. The molecule has 0 saturated heterocycles. The average molecular weight is 195 g/mol. The fraction of sp³-hybridized carbons (Fsp3) is 0.125. The van der Waals surface area contributed by atoms with Gasteiger partial charge in [0, 0.05) is 13.2 Å². The van der Waals surface area contributed by atoms with Crippen LogP contribution >= 0.6 is 0 Å². The first kappa shape index (κ1) is 10.1. The highest BCUT2D eigenvalue weighted by atomic mass is 16.7. The molecule has 1 rings (SSSR count). The van der Waals surface area contributed by atoms with E-state index in [-0.39, 0.29) is 17.2 Å². The fourth-order valence-corrected chi connectivity index (χ4v) is 0.878. The van der Waals surface area contributed by atoms with Crippen LogP contribution in [-0.2, 0) is 4.84 Å². The van der Waals surface area contributed by atoms with Crippen LogP contribution in [0.4, 0.5) is 0 Å². The van der Waals surface area contributed by atoms with Crippen LogP contribution in [0, 0.1) is 0 Å². The van der Waals surface area contributed by atoms with Gasteiger partial charge in [-0.05, 0) is 12.1 Å². The van der Waals surface area contributed by atoms with E-state index in [2.05, 4.69) is 15.1 Å². The van der Waals surface area contributed by atoms with E-state index in [1.807, 2.05) is 0 Å². The minimum Gasteiger partial charge on any atom is -0.370 e. The maximum atomic E-state index is 11.1. The van der Waals surface area contributed by atoms with E-state index < -0.39 is 5.97 Å². The van der Waals surface area contributed by atoms with Gasteiger partial charge in [-0.15, -0.1) is 0 Å². The standard InChI is InChI=1S/C8H9N3O3/c1-10-7(12)6-4-5(2-3-11-6)8(13)14-9/h2-4H,9H2,1H3,(H,10,12). The number of aromatic nitrogens is 1. The van der Waals surface area contributed by atoms with E-state index in [0.717, 1.165) is 0 Å². The molecule has 0 fully saturated rings. The van der Waals surface area contributed by atoms with Crippen molar-refractivity contribution in [2.24, 2.45) is 5.90 Å². The molecule has 6 nitrogen and oxygen atoms in total. The minimum absolute atomic E-state index is 0.135. The highest BCUT2D eigenvalue weighted by Crippen LogP contribution is 2.02. The Kier molecular flexibility index (Phi) is 3.14. The summed E-state index contributed by atoms with van der Waals surface area (Å²) in [6, 6.07) is 2.70. The molecule has 14 heavy (non-hydrogen) atoms. The molecule has 0 unspecified atom stereocenters. The number of pyridine rings is 1. The zero-order valence-electron chi connectivity index (χ0n) is 7.48. The van der Waals surface area contributed by atoms with Gasteiger partial charge in [-0.1, -0.05) is 0 Å². The summed E-state index contributed by atoms with van der Waals surface area (Å²) in [5, 5.41) is 2.38. The van der Waals surface area contributed by atoms with E-state index in [1.54, 1.807) is 0 Å². The van der Waals surface area contributed by atoms with Crippen molar-refractivity contribution in [3.63, 3.8) is 0 Å². The van der Waals surface area contributed by atoms with Gasteiger partial charge in [0.25, 0.3) is 5.91 Å². The second kappa shape index (κ2) is 4.33. The lowest BCUT2D eigenvalue weighted by Crippen LogP contribution is -2.20. The van der Waals surface area contributed by atoms with Crippen molar-refractivity contribution in [2.75, 3.05) is 7.05 Å². The van der Waals surface area contributed by atoms with Crippen molar-refractivity contribution in [3.05, 3.63) is 29.6 Å². The van der Waals surface area contributed by atoms with Crippen LogP contribution in [0.15, 0.2) is 18.3 Å². The molecule has 74 valence electrons. The molecule has 0 bridgehead atoms. The Bertz CT molecular complexity index is 333. The fourth-order valence-electron chi connectivity index (χ4n) is 0.878. The number of nitrogens with two attached hydrogens (primary N) is 1. The minimum atomic E-state index is -0.711. The summed E-state index contributed by atoms with van der Waals surface area (Å²) in [5.41, 5.74) is 0.316. The van der Waals surface area contributed by atoms with Crippen molar-refractivity contribution in [3.8, 4) is 0 Å². The largest absolute Gasteiger partial charge is 0.370 e. The van der Waals surface area contributed by atoms with Crippen molar-refractivity contribution >= 4 is 11.9 Å². The number of rotatable bonds is 2. The summed E-state index contributed by atoms with van der Waals surface area (Å²) in [5.74, 6) is 3.60. The molecule has 0 atom stereocenters. The van der Waals surface area contributed by atoms with E-state index in [1.165, 1.54) is 25.4 Å². The molecule has 0 spiro atoms. The maximum Gasteiger partial charge on any atom is 0.356 e. The van der Waals surface area contributed by atoms with Crippen molar-refractivity contribution in [2.45, 2.75) is 0 Å². The van der Waals surface area contributed by atoms with Gasteiger partial charge in [0.2, 0.25) is 0 Å². The summed E-state index contributed by atoms with van der Waals surface area (Å²) in [6.07, 6.45) is 1.33. The second-order valence-electron chi connectivity index (χ2n) is 2.41. The van der Waals surface area contributed by atoms with Crippen molar-refractivity contribution < 1.29 is 14.4 Å². The Morgan fingerprint density at radius 2 is 2.29 bits per heavy atom. The highest BCUT2D eigenvalue weighted by molar-refractivity contribution is 5.96. The van der Waals surface area contributed by atoms with Crippen LogP contribution in [0.1, 0.15) is 20.8 Å². The van der Waals surface area contributed by atoms with Crippen molar-refractivity contribution in [1.29, 1.82) is 0 Å². The Morgan fingerprint density at radius 1 is 1.57 bits per heavy atom. The summed E-state index contributed by atoms with van der Waals surface area (Å²) in [4.78, 5) is 29.9. The third-order valence-corrected chi connectivity index (χ3v) is 1.56. The second-order valence-corrected chi connectivity index (χ2v) is 2.41. The first-order valence-corrected chi connectivity index (χ1v) is 3.78. The molecule has 0 radical (unpaired) electrons. The lowest BCUT2D eigenvalue weighted by Gasteiger charge is -2.00. The lowest BCUT2D eigenvalue weighted by atomic mass is 10.2. The SMILES string of the molecule is CNC(=O)c1cc(C(=O)ON)ccn1. The zero-order valence-corrected chi connectivity index (χ0v) is 7.48. The third-order valence-electron chi connectivity index (χ3n) is 1.56. The summed E-state index contributed by atoms with van der Waals surface area (Å²) >= 11 is 0. The molecule has 1 aromatic heterocycles. The van der Waals surface area contributed by atoms with E-state index in [0.29, 0.717) is 0 Å². The Balaban J connectivity index is 3.01. The van der Waals surface area contributed by atoms with Crippen LogP contribution in [0.5, 0.6) is 0 Å². The molecule has 1 amide bonds. The highest BCUT2D eigenvalue weighted by Gasteiger charge is 2.10. The maximum absolute atomic E-state index is 11.1. The number of carbonyl (C=O) groups is 2. The topological polar surface area (TPSA) is 94.3 Å². The van der Waals surface area contributed by atoms with Crippen LogP contribution in [0.3, 0.4) is 0 Å². The summed E-state index contributed by atoms with van der Waals surface area (Å²) in [6.45, 7) is 0. The van der Waals surface area contributed by atoms with Gasteiger partial charge in [-0.3, -0.25) is 9.78 Å². The number of nitrogens with zero attached hydrogens (tertiary/aromatic N) is 1. The monoisotopic (exact) mass is 195 g/mol. The van der Waals surface area contributed by atoms with Crippen LogP contribution in [0.2, 0.25) is 0 Å².